The maximum absolute atomic E-state index is 11.9. The second-order valence-electron chi connectivity index (χ2n) is 4.08. The highest BCUT2D eigenvalue weighted by Crippen LogP contribution is 2.27. The zero-order chi connectivity index (χ0) is 13.0. The van der Waals surface area contributed by atoms with Gasteiger partial charge in [0, 0.05) is 19.6 Å². The van der Waals surface area contributed by atoms with Gasteiger partial charge >= 0.3 is 6.36 Å². The third-order valence-electron chi connectivity index (χ3n) is 2.79. The van der Waals surface area contributed by atoms with Crippen LogP contribution in [-0.4, -0.2) is 32.6 Å². The Morgan fingerprint density at radius 1 is 1.28 bits per heavy atom. The third-order valence-corrected chi connectivity index (χ3v) is 2.79. The average molecular weight is 260 g/mol. The standard InChI is InChI=1S/C12H15F3N2O/c13-12(14,15)18-9-8-17-7-3-6-16-10-4-1-2-5-11(10)17/h1-2,4-5,16H,3,6-9H2. The Balaban J connectivity index is 2.00. The highest BCUT2D eigenvalue weighted by molar-refractivity contribution is 5.70. The number of anilines is 2. The lowest BCUT2D eigenvalue weighted by molar-refractivity contribution is -0.323. The Labute approximate surface area is 104 Å². The molecular formula is C12H15F3N2O. The molecule has 1 aliphatic rings. The number of rotatable bonds is 3. The SMILES string of the molecule is FC(F)(F)OCCN1CCCNc2ccccc21. The van der Waals surface area contributed by atoms with Crippen LogP contribution in [0.3, 0.4) is 0 Å². The smallest absolute Gasteiger partial charge is 0.383 e. The van der Waals surface area contributed by atoms with Crippen LogP contribution in [0.25, 0.3) is 0 Å². The predicted octanol–water partition coefficient (Wildman–Crippen LogP) is 2.85. The molecule has 1 heterocycles. The van der Waals surface area contributed by atoms with Gasteiger partial charge in [-0.1, -0.05) is 12.1 Å². The van der Waals surface area contributed by atoms with E-state index < -0.39 is 6.36 Å². The Morgan fingerprint density at radius 2 is 2.06 bits per heavy atom. The van der Waals surface area contributed by atoms with E-state index in [4.69, 9.17) is 0 Å². The summed E-state index contributed by atoms with van der Waals surface area (Å²) in [7, 11) is 0. The van der Waals surface area contributed by atoms with Crippen LogP contribution in [-0.2, 0) is 4.74 Å². The summed E-state index contributed by atoms with van der Waals surface area (Å²) >= 11 is 0. The minimum Gasteiger partial charge on any atom is -0.383 e. The first kappa shape index (κ1) is 13.0. The molecule has 0 saturated heterocycles. The Morgan fingerprint density at radius 3 is 2.83 bits per heavy atom. The van der Waals surface area contributed by atoms with Crippen molar-refractivity contribution in [3.63, 3.8) is 0 Å². The number of para-hydroxylation sites is 2. The Bertz CT molecular complexity index is 395. The van der Waals surface area contributed by atoms with Crippen LogP contribution in [0.2, 0.25) is 0 Å². The number of ether oxygens (including phenoxy) is 1. The zero-order valence-corrected chi connectivity index (χ0v) is 9.83. The molecule has 2 rings (SSSR count). The van der Waals surface area contributed by atoms with Crippen molar-refractivity contribution in [3.8, 4) is 0 Å². The summed E-state index contributed by atoms with van der Waals surface area (Å²) in [6.07, 6.45) is -3.66. The van der Waals surface area contributed by atoms with Crippen LogP contribution < -0.4 is 10.2 Å². The molecular weight excluding hydrogens is 245 g/mol. The normalized spacial score (nSPS) is 15.8. The number of fused-ring (bicyclic) bond motifs is 1. The van der Waals surface area contributed by atoms with E-state index in [9.17, 15) is 13.2 Å². The largest absolute Gasteiger partial charge is 0.522 e. The first-order chi connectivity index (χ1) is 8.56. The monoisotopic (exact) mass is 260 g/mol. The van der Waals surface area contributed by atoms with Crippen LogP contribution in [0.4, 0.5) is 24.5 Å². The van der Waals surface area contributed by atoms with Gasteiger partial charge < -0.3 is 10.2 Å². The first-order valence-corrected chi connectivity index (χ1v) is 5.85. The van der Waals surface area contributed by atoms with Crippen molar-refractivity contribution in [1.82, 2.24) is 0 Å². The van der Waals surface area contributed by atoms with Crippen molar-refractivity contribution in [2.24, 2.45) is 0 Å². The minimum atomic E-state index is -4.55. The second-order valence-corrected chi connectivity index (χ2v) is 4.08. The van der Waals surface area contributed by atoms with Gasteiger partial charge in [0.1, 0.15) is 0 Å². The molecule has 0 spiro atoms. The van der Waals surface area contributed by atoms with Gasteiger partial charge in [0.2, 0.25) is 0 Å². The molecule has 6 heteroatoms. The summed E-state index contributed by atoms with van der Waals surface area (Å²) in [4.78, 5) is 1.92. The Hall–Kier alpha value is -1.43. The van der Waals surface area contributed by atoms with E-state index in [2.05, 4.69) is 10.1 Å². The van der Waals surface area contributed by atoms with Crippen molar-refractivity contribution >= 4 is 11.4 Å². The van der Waals surface area contributed by atoms with Crippen LogP contribution in [0.15, 0.2) is 24.3 Å². The van der Waals surface area contributed by atoms with E-state index in [0.717, 1.165) is 30.9 Å². The molecule has 0 aliphatic carbocycles. The van der Waals surface area contributed by atoms with Gasteiger partial charge in [0.05, 0.1) is 18.0 Å². The molecule has 0 fully saturated rings. The minimum absolute atomic E-state index is 0.234. The summed E-state index contributed by atoms with van der Waals surface area (Å²) in [5.41, 5.74) is 1.89. The summed E-state index contributed by atoms with van der Waals surface area (Å²) < 4.78 is 39.6. The van der Waals surface area contributed by atoms with Crippen molar-refractivity contribution in [1.29, 1.82) is 0 Å². The maximum Gasteiger partial charge on any atom is 0.522 e. The van der Waals surface area contributed by atoms with Crippen LogP contribution in [0.1, 0.15) is 6.42 Å². The number of hydrogen-bond acceptors (Lipinski definition) is 3. The van der Waals surface area contributed by atoms with Gasteiger partial charge in [0.15, 0.2) is 0 Å². The maximum atomic E-state index is 11.9. The number of benzene rings is 1. The average Bonchev–Trinajstić information content (AvgIpc) is 2.51. The molecule has 1 aliphatic heterocycles. The quantitative estimate of drug-likeness (QED) is 0.904. The molecule has 0 radical (unpaired) electrons. The van der Waals surface area contributed by atoms with Crippen molar-refractivity contribution in [3.05, 3.63) is 24.3 Å². The fourth-order valence-corrected chi connectivity index (χ4v) is 2.02. The van der Waals surface area contributed by atoms with Gasteiger partial charge in [-0.25, -0.2) is 0 Å². The number of halogens is 3. The fraction of sp³-hybridized carbons (Fsp3) is 0.500. The predicted molar refractivity (Wildman–Crippen MR) is 63.8 cm³/mol. The first-order valence-electron chi connectivity index (χ1n) is 5.85. The number of nitrogens with one attached hydrogen (secondary N) is 1. The van der Waals surface area contributed by atoms with E-state index in [1.165, 1.54) is 0 Å². The van der Waals surface area contributed by atoms with E-state index in [1.54, 1.807) is 0 Å². The molecule has 0 atom stereocenters. The fourth-order valence-electron chi connectivity index (χ4n) is 2.02. The van der Waals surface area contributed by atoms with Gasteiger partial charge in [-0.05, 0) is 18.6 Å². The van der Waals surface area contributed by atoms with E-state index in [1.807, 2.05) is 29.2 Å². The summed E-state index contributed by atoms with van der Waals surface area (Å²) in [6.45, 7) is 1.44. The molecule has 0 bridgehead atoms. The highest BCUT2D eigenvalue weighted by Gasteiger charge is 2.29. The zero-order valence-electron chi connectivity index (χ0n) is 9.83. The van der Waals surface area contributed by atoms with Crippen molar-refractivity contribution < 1.29 is 17.9 Å². The summed E-state index contributed by atoms with van der Waals surface area (Å²) in [5.74, 6) is 0. The molecule has 0 aromatic heterocycles. The van der Waals surface area contributed by atoms with Crippen LogP contribution in [0.5, 0.6) is 0 Å². The third kappa shape index (κ3) is 3.53. The summed E-state index contributed by atoms with van der Waals surface area (Å²) in [6, 6.07) is 7.62. The molecule has 1 aromatic rings. The number of nitrogens with zero attached hydrogens (tertiary/aromatic N) is 1. The Kier molecular flexibility index (Phi) is 3.96. The molecule has 0 amide bonds. The van der Waals surface area contributed by atoms with E-state index >= 15 is 0 Å². The molecule has 100 valence electrons. The molecule has 18 heavy (non-hydrogen) atoms. The van der Waals surface area contributed by atoms with Gasteiger partial charge in [-0.15, -0.1) is 13.2 Å². The molecule has 0 unspecified atom stereocenters. The highest BCUT2D eigenvalue weighted by atomic mass is 19.4. The van der Waals surface area contributed by atoms with E-state index in [-0.39, 0.29) is 13.2 Å². The van der Waals surface area contributed by atoms with E-state index in [0.29, 0.717) is 0 Å². The molecule has 0 saturated carbocycles. The topological polar surface area (TPSA) is 24.5 Å². The molecule has 3 nitrogen and oxygen atoms in total. The lowest BCUT2D eigenvalue weighted by Crippen LogP contribution is -2.30. The van der Waals surface area contributed by atoms with Crippen molar-refractivity contribution in [2.45, 2.75) is 12.8 Å². The van der Waals surface area contributed by atoms with Gasteiger partial charge in [0.25, 0.3) is 0 Å². The molecule has 1 N–H and O–H groups in total. The van der Waals surface area contributed by atoms with Gasteiger partial charge in [-0.3, -0.25) is 4.74 Å². The second kappa shape index (κ2) is 5.48. The van der Waals surface area contributed by atoms with Crippen molar-refractivity contribution in [2.75, 3.05) is 36.5 Å². The lowest BCUT2D eigenvalue weighted by Gasteiger charge is -2.24. The number of alkyl halides is 3. The lowest BCUT2D eigenvalue weighted by atomic mass is 10.2. The van der Waals surface area contributed by atoms with Gasteiger partial charge in [-0.2, -0.15) is 0 Å². The molecule has 1 aromatic carbocycles. The summed E-state index contributed by atoms with van der Waals surface area (Å²) in [5, 5.41) is 3.26. The van der Waals surface area contributed by atoms with Crippen LogP contribution in [0, 0.1) is 0 Å². The number of hydrogen-bond donors (Lipinski definition) is 1. The van der Waals surface area contributed by atoms with Crippen LogP contribution >= 0.6 is 0 Å².